The van der Waals surface area contributed by atoms with Gasteiger partial charge in [-0.25, -0.2) is 4.79 Å². The standard InChI is InChI=1S/C32H36N4O14/c33-23-6-5-17(36-23)19(39)11-46-16-3-1-14(2-4-16)20-7-18(38)24-21(48-20)8-22(27(25(24)40)47-13-37)49-31-26(41)28(42)32(45,29(50-31)30(43)44)9-15-10-34-12-35-15/h1-8,15,19,26,28-29,31,34-37,39-42,45H,9-13,33H2,(H,43,44). The van der Waals surface area contributed by atoms with Gasteiger partial charge in [-0.1, -0.05) is 0 Å². The Morgan fingerprint density at radius 2 is 1.88 bits per heavy atom. The van der Waals surface area contributed by atoms with Gasteiger partial charge in [-0.2, -0.15) is 0 Å². The molecule has 0 spiro atoms. The number of aliphatic hydroxyl groups excluding tert-OH is 4. The van der Waals surface area contributed by atoms with Crippen molar-refractivity contribution in [2.24, 2.45) is 0 Å². The van der Waals surface area contributed by atoms with Crippen LogP contribution in [0.3, 0.4) is 0 Å². The van der Waals surface area contributed by atoms with Crippen LogP contribution in [0.25, 0.3) is 22.3 Å². The molecule has 268 valence electrons. The molecule has 2 fully saturated rings. The van der Waals surface area contributed by atoms with E-state index in [1.165, 1.54) is 0 Å². The van der Waals surface area contributed by atoms with Crippen LogP contribution in [0.5, 0.6) is 23.0 Å². The Kier molecular flexibility index (Phi) is 9.87. The number of nitrogens with two attached hydrogens (primary N) is 1. The second-order valence-electron chi connectivity index (χ2n) is 11.9. The van der Waals surface area contributed by atoms with Crippen molar-refractivity contribution in [3.05, 3.63) is 64.4 Å². The molecule has 50 heavy (non-hydrogen) atoms. The van der Waals surface area contributed by atoms with Crippen LogP contribution in [0.15, 0.2) is 57.7 Å². The number of carboxylic acid groups (broad SMARTS) is 1. The lowest BCUT2D eigenvalue weighted by Crippen LogP contribution is -2.70. The van der Waals surface area contributed by atoms with E-state index in [0.717, 1.165) is 12.1 Å². The van der Waals surface area contributed by atoms with Crippen molar-refractivity contribution in [1.82, 2.24) is 15.6 Å². The lowest BCUT2D eigenvalue weighted by Gasteiger charge is -2.47. The van der Waals surface area contributed by atoms with Crippen LogP contribution >= 0.6 is 0 Å². The number of hydrogen-bond donors (Lipinski definition) is 11. The van der Waals surface area contributed by atoms with Gasteiger partial charge >= 0.3 is 5.97 Å². The van der Waals surface area contributed by atoms with Crippen molar-refractivity contribution in [2.75, 3.05) is 32.3 Å². The minimum absolute atomic E-state index is 0.0486. The summed E-state index contributed by atoms with van der Waals surface area (Å²) in [6, 6.07) is 11.3. The number of fused-ring (bicyclic) bond motifs is 1. The van der Waals surface area contributed by atoms with Crippen LogP contribution < -0.4 is 36.0 Å². The summed E-state index contributed by atoms with van der Waals surface area (Å²) in [5.41, 5.74) is 3.15. The van der Waals surface area contributed by atoms with Gasteiger partial charge in [-0.05, 0) is 42.8 Å². The highest BCUT2D eigenvalue weighted by Crippen LogP contribution is 2.44. The molecule has 4 aromatic rings. The first-order valence-corrected chi connectivity index (χ1v) is 15.4. The van der Waals surface area contributed by atoms with Gasteiger partial charge in [0, 0.05) is 42.6 Å². The fraction of sp³-hybridized carbons (Fsp3) is 0.375. The zero-order valence-electron chi connectivity index (χ0n) is 26.2. The normalized spacial score (nSPS) is 25.7. The van der Waals surface area contributed by atoms with Gasteiger partial charge in [-0.15, -0.1) is 0 Å². The average molecular weight is 701 g/mol. The van der Waals surface area contributed by atoms with Crippen molar-refractivity contribution in [2.45, 2.75) is 48.8 Å². The van der Waals surface area contributed by atoms with E-state index >= 15 is 0 Å². The minimum atomic E-state index is -2.44. The highest BCUT2D eigenvalue weighted by Gasteiger charge is 2.59. The van der Waals surface area contributed by atoms with Crippen LogP contribution in [0.1, 0.15) is 18.2 Å². The summed E-state index contributed by atoms with van der Waals surface area (Å²) in [5, 5.41) is 79.6. The summed E-state index contributed by atoms with van der Waals surface area (Å²) in [7, 11) is 0. The van der Waals surface area contributed by atoms with Crippen LogP contribution in [-0.2, 0) is 9.53 Å². The summed E-state index contributed by atoms with van der Waals surface area (Å²) in [5.74, 6) is -2.67. The number of aromatic amines is 1. The quantitative estimate of drug-likeness (QED) is 0.0796. The molecule has 0 saturated carbocycles. The number of aromatic nitrogens is 1. The molecule has 2 aromatic heterocycles. The zero-order valence-corrected chi connectivity index (χ0v) is 26.2. The molecule has 0 amide bonds. The number of nitrogens with one attached hydrogen (secondary N) is 3. The largest absolute Gasteiger partial charge is 0.504 e. The lowest BCUT2D eigenvalue weighted by atomic mass is 9.79. The van der Waals surface area contributed by atoms with Crippen molar-refractivity contribution in [3.63, 3.8) is 0 Å². The van der Waals surface area contributed by atoms with E-state index in [4.69, 9.17) is 29.1 Å². The van der Waals surface area contributed by atoms with Gasteiger partial charge in [0.1, 0.15) is 58.8 Å². The maximum Gasteiger partial charge on any atom is 0.336 e. The Labute approximate surface area is 282 Å². The van der Waals surface area contributed by atoms with E-state index in [1.807, 2.05) is 0 Å². The number of nitrogen functional groups attached to an aromatic ring is 1. The van der Waals surface area contributed by atoms with Gasteiger partial charge in [0.25, 0.3) is 0 Å². The van der Waals surface area contributed by atoms with Gasteiger partial charge in [0.2, 0.25) is 12.0 Å². The third-order valence-corrected chi connectivity index (χ3v) is 8.54. The molecule has 6 rings (SSSR count). The molecule has 2 aliphatic rings. The van der Waals surface area contributed by atoms with E-state index in [1.54, 1.807) is 36.4 Å². The number of aliphatic hydroxyl groups is 5. The van der Waals surface area contributed by atoms with Crippen molar-refractivity contribution in [3.8, 4) is 34.3 Å². The van der Waals surface area contributed by atoms with Crippen LogP contribution in [0.2, 0.25) is 0 Å². The van der Waals surface area contributed by atoms with Crippen molar-refractivity contribution >= 4 is 22.8 Å². The molecule has 18 heteroatoms. The molecule has 12 N–H and O–H groups in total. The number of phenolic OH excluding ortho intramolecular Hbond substituents is 1. The number of benzene rings is 2. The highest BCUT2D eigenvalue weighted by molar-refractivity contribution is 5.89. The first kappa shape index (κ1) is 34.9. The number of aromatic hydroxyl groups is 1. The van der Waals surface area contributed by atoms with E-state index in [0.29, 0.717) is 36.0 Å². The Morgan fingerprint density at radius 3 is 2.52 bits per heavy atom. The Morgan fingerprint density at radius 1 is 1.12 bits per heavy atom. The van der Waals surface area contributed by atoms with E-state index in [9.17, 15) is 45.3 Å². The summed E-state index contributed by atoms with van der Waals surface area (Å²) < 4.78 is 27.9. The molecule has 7 unspecified atom stereocenters. The number of carbonyl (C=O) groups is 1. The molecular formula is C32H36N4O14. The first-order valence-electron chi connectivity index (χ1n) is 15.4. The summed E-state index contributed by atoms with van der Waals surface area (Å²) in [4.78, 5) is 28.2. The molecule has 7 atom stereocenters. The molecule has 2 aromatic carbocycles. The monoisotopic (exact) mass is 700 g/mol. The SMILES string of the molecule is Nc1ccc(C(O)COc2ccc(-c3cc(=O)c4c(O)c(OCO)c(OC5OC(C(=O)O)C(O)(CC6CNCN6)C(O)C5O)cc4o3)cc2)[nH]1. The average Bonchev–Trinajstić information content (AvgIpc) is 3.77. The molecule has 0 radical (unpaired) electrons. The number of rotatable bonds is 12. The van der Waals surface area contributed by atoms with Gasteiger partial charge < -0.3 is 80.5 Å². The molecule has 2 aliphatic heterocycles. The zero-order chi connectivity index (χ0) is 35.7. The van der Waals surface area contributed by atoms with Crippen molar-refractivity contribution in [1.29, 1.82) is 0 Å². The molecule has 2 saturated heterocycles. The van der Waals surface area contributed by atoms with E-state index in [2.05, 4.69) is 15.6 Å². The number of carboxylic acids is 1. The summed E-state index contributed by atoms with van der Waals surface area (Å²) in [6.07, 6.45) is -9.39. The molecule has 0 bridgehead atoms. The van der Waals surface area contributed by atoms with Crippen molar-refractivity contribution < 1.29 is 63.9 Å². The molecular weight excluding hydrogens is 664 g/mol. The maximum absolute atomic E-state index is 13.2. The Bertz CT molecular complexity index is 1890. The summed E-state index contributed by atoms with van der Waals surface area (Å²) >= 11 is 0. The third-order valence-electron chi connectivity index (χ3n) is 8.54. The second kappa shape index (κ2) is 14.1. The van der Waals surface area contributed by atoms with Crippen LogP contribution in [-0.4, -0.2) is 110 Å². The number of hydrogen-bond acceptors (Lipinski definition) is 16. The number of anilines is 1. The lowest BCUT2D eigenvalue weighted by molar-refractivity contribution is -0.307. The fourth-order valence-electron chi connectivity index (χ4n) is 6.03. The number of phenols is 1. The van der Waals surface area contributed by atoms with Crippen LogP contribution in [0, 0.1) is 0 Å². The summed E-state index contributed by atoms with van der Waals surface area (Å²) in [6.45, 7) is -0.338. The van der Waals surface area contributed by atoms with Gasteiger partial charge in [0.15, 0.2) is 29.8 Å². The molecule has 4 heterocycles. The molecule has 18 nitrogen and oxygen atoms in total. The fourth-order valence-corrected chi connectivity index (χ4v) is 6.03. The smallest absolute Gasteiger partial charge is 0.336 e. The predicted octanol–water partition coefficient (Wildman–Crippen LogP) is -0.933. The Balaban J connectivity index is 1.27. The number of H-pyrrole nitrogens is 1. The second-order valence-corrected chi connectivity index (χ2v) is 11.9. The molecule has 0 aliphatic carbocycles. The highest BCUT2D eigenvalue weighted by atomic mass is 16.7. The van der Waals surface area contributed by atoms with Gasteiger partial charge in [0.05, 0.1) is 0 Å². The number of ether oxygens (including phenoxy) is 4. The first-order chi connectivity index (χ1) is 23.9. The Hall–Kier alpha value is -4.92. The maximum atomic E-state index is 13.2. The number of aliphatic carboxylic acids is 1. The predicted molar refractivity (Wildman–Crippen MR) is 171 cm³/mol. The topological polar surface area (TPSA) is 292 Å². The minimum Gasteiger partial charge on any atom is -0.504 e. The van der Waals surface area contributed by atoms with Gasteiger partial charge in [-0.3, -0.25) is 4.79 Å². The third kappa shape index (κ3) is 6.78. The van der Waals surface area contributed by atoms with E-state index in [-0.39, 0.29) is 29.8 Å². The van der Waals surface area contributed by atoms with Crippen LogP contribution in [0.4, 0.5) is 5.82 Å². The van der Waals surface area contributed by atoms with E-state index < -0.39 is 77.8 Å².